The number of nitrogens with one attached hydrogen (secondary N) is 2. The molecule has 0 aliphatic rings. The second-order valence-corrected chi connectivity index (χ2v) is 5.33. The van der Waals surface area contributed by atoms with Crippen molar-refractivity contribution >= 4 is 28.3 Å². The molecule has 0 atom stereocenters. The van der Waals surface area contributed by atoms with Gasteiger partial charge in [-0.1, -0.05) is 13.0 Å². The SMILES string of the molecule is CCCNc1cc(C)ccc1C(=O)Nc1nc(C)ns1. The number of aryl methyl sites for hydroxylation is 2. The first-order chi connectivity index (χ1) is 9.60. The van der Waals surface area contributed by atoms with E-state index < -0.39 is 0 Å². The predicted molar refractivity (Wildman–Crippen MR) is 82.6 cm³/mol. The van der Waals surface area contributed by atoms with E-state index in [1.165, 1.54) is 11.5 Å². The fraction of sp³-hybridized carbons (Fsp3) is 0.357. The van der Waals surface area contributed by atoms with E-state index >= 15 is 0 Å². The topological polar surface area (TPSA) is 66.9 Å². The zero-order valence-corrected chi connectivity index (χ0v) is 12.7. The molecule has 0 bridgehead atoms. The predicted octanol–water partition coefficient (Wildman–Crippen LogP) is 3.23. The van der Waals surface area contributed by atoms with Gasteiger partial charge in [0.15, 0.2) is 0 Å². The van der Waals surface area contributed by atoms with Gasteiger partial charge in [-0.25, -0.2) is 4.98 Å². The number of hydrogen-bond donors (Lipinski definition) is 2. The van der Waals surface area contributed by atoms with Crippen LogP contribution in [0.4, 0.5) is 10.8 Å². The standard InChI is InChI=1S/C14H18N4OS/c1-4-7-15-12-8-9(2)5-6-11(12)13(19)17-14-16-10(3)18-20-14/h5-6,8,15H,4,7H2,1-3H3,(H,16,17,18,19). The van der Waals surface area contributed by atoms with Crippen molar-refractivity contribution in [2.45, 2.75) is 27.2 Å². The fourth-order valence-electron chi connectivity index (χ4n) is 1.77. The van der Waals surface area contributed by atoms with E-state index in [9.17, 15) is 4.79 Å². The van der Waals surface area contributed by atoms with E-state index in [1.54, 1.807) is 6.92 Å². The van der Waals surface area contributed by atoms with E-state index in [1.807, 2.05) is 25.1 Å². The molecule has 20 heavy (non-hydrogen) atoms. The normalized spacial score (nSPS) is 10.3. The van der Waals surface area contributed by atoms with Gasteiger partial charge in [-0.3, -0.25) is 10.1 Å². The number of amides is 1. The highest BCUT2D eigenvalue weighted by Gasteiger charge is 2.13. The number of hydrogen-bond acceptors (Lipinski definition) is 5. The zero-order valence-electron chi connectivity index (χ0n) is 11.9. The van der Waals surface area contributed by atoms with Crippen LogP contribution in [0.3, 0.4) is 0 Å². The summed E-state index contributed by atoms with van der Waals surface area (Å²) >= 11 is 1.19. The number of carbonyl (C=O) groups excluding carboxylic acids is 1. The van der Waals surface area contributed by atoms with Crippen LogP contribution in [0.2, 0.25) is 0 Å². The number of anilines is 2. The molecule has 0 unspecified atom stereocenters. The Hall–Kier alpha value is -1.95. The fourth-order valence-corrected chi connectivity index (χ4v) is 2.35. The van der Waals surface area contributed by atoms with Crippen molar-refractivity contribution in [2.24, 2.45) is 0 Å². The van der Waals surface area contributed by atoms with Crippen LogP contribution >= 0.6 is 11.5 Å². The van der Waals surface area contributed by atoms with Crippen LogP contribution in [0.25, 0.3) is 0 Å². The van der Waals surface area contributed by atoms with Crippen molar-refractivity contribution in [1.29, 1.82) is 0 Å². The Morgan fingerprint density at radius 1 is 1.35 bits per heavy atom. The van der Waals surface area contributed by atoms with Crippen LogP contribution in [0.5, 0.6) is 0 Å². The molecule has 1 heterocycles. The van der Waals surface area contributed by atoms with E-state index in [0.29, 0.717) is 16.5 Å². The maximum Gasteiger partial charge on any atom is 0.259 e. The van der Waals surface area contributed by atoms with E-state index in [2.05, 4.69) is 26.9 Å². The summed E-state index contributed by atoms with van der Waals surface area (Å²) in [5.74, 6) is 0.498. The maximum absolute atomic E-state index is 12.3. The minimum absolute atomic E-state index is 0.167. The summed E-state index contributed by atoms with van der Waals surface area (Å²) in [5.41, 5.74) is 2.59. The van der Waals surface area contributed by atoms with Gasteiger partial charge in [-0.05, 0) is 38.0 Å². The van der Waals surface area contributed by atoms with E-state index in [4.69, 9.17) is 0 Å². The molecule has 1 aromatic heterocycles. The summed E-state index contributed by atoms with van der Waals surface area (Å²) in [5, 5.41) is 6.59. The second kappa shape index (κ2) is 6.47. The van der Waals surface area contributed by atoms with Gasteiger partial charge in [0.05, 0.1) is 5.56 Å². The summed E-state index contributed by atoms with van der Waals surface area (Å²) < 4.78 is 4.05. The van der Waals surface area contributed by atoms with Crippen molar-refractivity contribution in [3.05, 3.63) is 35.2 Å². The van der Waals surface area contributed by atoms with E-state index in [0.717, 1.165) is 24.2 Å². The first-order valence-electron chi connectivity index (χ1n) is 6.56. The smallest absolute Gasteiger partial charge is 0.259 e. The molecule has 1 amide bonds. The number of aromatic nitrogens is 2. The Balaban J connectivity index is 2.19. The van der Waals surface area contributed by atoms with Crippen LogP contribution in [-0.2, 0) is 0 Å². The Kier molecular flexibility index (Phi) is 4.68. The average Bonchev–Trinajstić information content (AvgIpc) is 2.81. The molecule has 0 spiro atoms. The highest BCUT2D eigenvalue weighted by atomic mass is 32.1. The van der Waals surface area contributed by atoms with Crippen molar-refractivity contribution in [3.63, 3.8) is 0 Å². The summed E-state index contributed by atoms with van der Waals surface area (Å²) in [6, 6.07) is 5.74. The monoisotopic (exact) mass is 290 g/mol. The summed E-state index contributed by atoms with van der Waals surface area (Å²) in [4.78, 5) is 16.4. The number of benzene rings is 1. The Labute approximate surface area is 122 Å². The molecule has 0 aliphatic carbocycles. The third kappa shape index (κ3) is 3.54. The Bertz CT molecular complexity index is 609. The second-order valence-electron chi connectivity index (χ2n) is 4.58. The molecule has 0 aliphatic heterocycles. The van der Waals surface area contributed by atoms with Gasteiger partial charge in [0.2, 0.25) is 5.13 Å². The molecule has 0 radical (unpaired) electrons. The molecule has 1 aromatic carbocycles. The minimum atomic E-state index is -0.167. The van der Waals surface area contributed by atoms with Crippen molar-refractivity contribution < 1.29 is 4.79 Å². The Morgan fingerprint density at radius 3 is 2.80 bits per heavy atom. The number of nitrogens with zero attached hydrogens (tertiary/aromatic N) is 2. The molecular weight excluding hydrogens is 272 g/mol. The van der Waals surface area contributed by atoms with Crippen LogP contribution < -0.4 is 10.6 Å². The van der Waals surface area contributed by atoms with Gasteiger partial charge in [0.1, 0.15) is 5.82 Å². The lowest BCUT2D eigenvalue weighted by molar-refractivity contribution is 0.102. The molecule has 2 rings (SSSR count). The lowest BCUT2D eigenvalue weighted by Gasteiger charge is -2.11. The average molecular weight is 290 g/mol. The van der Waals surface area contributed by atoms with E-state index in [-0.39, 0.29) is 5.91 Å². The molecule has 5 nitrogen and oxygen atoms in total. The molecule has 0 fully saturated rings. The lowest BCUT2D eigenvalue weighted by atomic mass is 10.1. The highest BCUT2D eigenvalue weighted by Crippen LogP contribution is 2.20. The van der Waals surface area contributed by atoms with Crippen molar-refractivity contribution in [1.82, 2.24) is 9.36 Å². The number of rotatable bonds is 5. The van der Waals surface area contributed by atoms with Gasteiger partial charge in [0.25, 0.3) is 5.91 Å². The largest absolute Gasteiger partial charge is 0.384 e. The van der Waals surface area contributed by atoms with Crippen LogP contribution in [0, 0.1) is 13.8 Å². The first-order valence-corrected chi connectivity index (χ1v) is 7.33. The van der Waals surface area contributed by atoms with Gasteiger partial charge < -0.3 is 5.32 Å². The molecule has 0 saturated heterocycles. The lowest BCUT2D eigenvalue weighted by Crippen LogP contribution is -2.15. The minimum Gasteiger partial charge on any atom is -0.384 e. The van der Waals surface area contributed by atoms with Crippen molar-refractivity contribution in [2.75, 3.05) is 17.2 Å². The van der Waals surface area contributed by atoms with Gasteiger partial charge in [-0.15, -0.1) is 0 Å². The van der Waals surface area contributed by atoms with Crippen LogP contribution in [0.15, 0.2) is 18.2 Å². The molecular formula is C14H18N4OS. The highest BCUT2D eigenvalue weighted by molar-refractivity contribution is 7.09. The van der Waals surface area contributed by atoms with Crippen LogP contribution in [0.1, 0.15) is 35.1 Å². The third-order valence-electron chi connectivity index (χ3n) is 2.73. The summed E-state index contributed by atoms with van der Waals surface area (Å²) in [7, 11) is 0. The third-order valence-corrected chi connectivity index (χ3v) is 3.45. The molecule has 2 N–H and O–H groups in total. The molecule has 6 heteroatoms. The molecule has 106 valence electrons. The summed E-state index contributed by atoms with van der Waals surface area (Å²) in [6.07, 6.45) is 1.00. The van der Waals surface area contributed by atoms with Gasteiger partial charge >= 0.3 is 0 Å². The number of carbonyl (C=O) groups is 1. The van der Waals surface area contributed by atoms with Gasteiger partial charge in [0, 0.05) is 23.8 Å². The maximum atomic E-state index is 12.3. The molecule has 0 saturated carbocycles. The van der Waals surface area contributed by atoms with Gasteiger partial charge in [-0.2, -0.15) is 4.37 Å². The zero-order chi connectivity index (χ0) is 14.5. The quantitative estimate of drug-likeness (QED) is 0.887. The summed E-state index contributed by atoms with van der Waals surface area (Å²) in [6.45, 7) is 6.73. The first kappa shape index (κ1) is 14.5. The Morgan fingerprint density at radius 2 is 2.15 bits per heavy atom. The van der Waals surface area contributed by atoms with Crippen molar-refractivity contribution in [3.8, 4) is 0 Å². The molecule has 2 aromatic rings. The van der Waals surface area contributed by atoms with Crippen LogP contribution in [-0.4, -0.2) is 21.8 Å².